The number of aliphatic hydroxyl groups is 1. The minimum atomic E-state index is -0.979. The van der Waals surface area contributed by atoms with Gasteiger partial charge in [0, 0.05) is 30.9 Å². The van der Waals surface area contributed by atoms with E-state index in [0.717, 1.165) is 42.3 Å². The molecule has 4 N–H and O–H groups in total. The van der Waals surface area contributed by atoms with Gasteiger partial charge < -0.3 is 21.1 Å². The lowest BCUT2D eigenvalue weighted by Crippen LogP contribution is -2.49. The zero-order valence-electron chi connectivity index (χ0n) is 22.9. The minimum Gasteiger partial charge on any atom is -0.390 e. The number of fused-ring (bicyclic) bond motifs is 1. The predicted molar refractivity (Wildman–Crippen MR) is 152 cm³/mol. The lowest BCUT2D eigenvalue weighted by Gasteiger charge is -2.31. The first-order chi connectivity index (χ1) is 18.6. The molecule has 3 aromatic carbocycles. The molecule has 0 unspecified atom stereocenters. The van der Waals surface area contributed by atoms with Crippen molar-refractivity contribution in [2.45, 2.75) is 64.6 Å². The number of benzene rings is 3. The standard InChI is InChI=1S/C32H39F2N3O2/c1-32(2,3)19-22-9-10-27-26(15-22)28(11-12-35-27)36-20-30(38)29(16-23-13-24(33)18-25(34)14-23)37-31(39)17-21-7-5-4-6-8-21/h4-10,13-15,18,28-30,35-36,38H,11-12,16-17,19-20H2,1-3H3,(H,37,39)/t28-,29-,30+/m0/s1. The molecule has 5 nitrogen and oxygen atoms in total. The molecular formula is C32H39F2N3O2. The number of carbonyl (C=O) groups excluding carboxylic acids is 1. The van der Waals surface area contributed by atoms with Crippen LogP contribution in [-0.2, 0) is 24.1 Å². The number of anilines is 1. The Labute approximate surface area is 230 Å². The Morgan fingerprint density at radius 3 is 2.41 bits per heavy atom. The van der Waals surface area contributed by atoms with Gasteiger partial charge in [-0.15, -0.1) is 0 Å². The fourth-order valence-corrected chi connectivity index (χ4v) is 5.21. The van der Waals surface area contributed by atoms with Crippen LogP contribution in [0.25, 0.3) is 0 Å². The Bertz CT molecular complexity index is 1240. The summed E-state index contributed by atoms with van der Waals surface area (Å²) in [6.45, 7) is 7.66. The van der Waals surface area contributed by atoms with Crippen LogP contribution in [-0.4, -0.2) is 36.2 Å². The summed E-state index contributed by atoms with van der Waals surface area (Å²) < 4.78 is 27.8. The van der Waals surface area contributed by atoms with Gasteiger partial charge in [0.25, 0.3) is 0 Å². The van der Waals surface area contributed by atoms with E-state index < -0.39 is 23.8 Å². The van der Waals surface area contributed by atoms with Crippen LogP contribution in [0, 0.1) is 17.0 Å². The molecule has 0 saturated heterocycles. The molecule has 0 saturated carbocycles. The third kappa shape index (κ3) is 8.60. The number of amides is 1. The van der Waals surface area contributed by atoms with Crippen LogP contribution < -0.4 is 16.0 Å². The topological polar surface area (TPSA) is 73.4 Å². The van der Waals surface area contributed by atoms with E-state index in [2.05, 4.69) is 54.9 Å². The molecule has 1 aliphatic rings. The average molecular weight is 536 g/mol. The second-order valence-corrected chi connectivity index (χ2v) is 11.7. The van der Waals surface area contributed by atoms with Gasteiger partial charge in [-0.1, -0.05) is 63.2 Å². The van der Waals surface area contributed by atoms with Crippen LogP contribution in [0.3, 0.4) is 0 Å². The zero-order chi connectivity index (χ0) is 28.0. The van der Waals surface area contributed by atoms with E-state index in [-0.39, 0.29) is 36.8 Å². The normalized spacial score (nSPS) is 16.6. The molecule has 0 aliphatic carbocycles. The molecule has 4 rings (SSSR count). The Hall–Kier alpha value is -3.29. The molecule has 1 aliphatic heterocycles. The fraction of sp³-hybridized carbons (Fsp3) is 0.406. The molecule has 0 aromatic heterocycles. The number of nitrogens with one attached hydrogen (secondary N) is 3. The molecule has 208 valence electrons. The highest BCUT2D eigenvalue weighted by molar-refractivity contribution is 5.79. The Kier molecular flexibility index (Phi) is 9.36. The second kappa shape index (κ2) is 12.7. The first-order valence-corrected chi connectivity index (χ1v) is 13.6. The van der Waals surface area contributed by atoms with Crippen LogP contribution in [0.15, 0.2) is 66.7 Å². The van der Waals surface area contributed by atoms with Crippen molar-refractivity contribution in [3.8, 4) is 0 Å². The van der Waals surface area contributed by atoms with Crippen molar-refractivity contribution in [3.05, 3.63) is 101 Å². The van der Waals surface area contributed by atoms with Crippen molar-refractivity contribution < 1.29 is 18.7 Å². The molecule has 3 atom stereocenters. The lowest BCUT2D eigenvalue weighted by molar-refractivity contribution is -0.122. The van der Waals surface area contributed by atoms with Crippen molar-refractivity contribution in [1.82, 2.24) is 10.6 Å². The van der Waals surface area contributed by atoms with E-state index in [1.807, 2.05) is 30.3 Å². The molecule has 0 bridgehead atoms. The van der Waals surface area contributed by atoms with Gasteiger partial charge in [-0.2, -0.15) is 0 Å². The summed E-state index contributed by atoms with van der Waals surface area (Å²) in [4.78, 5) is 12.9. The Morgan fingerprint density at radius 1 is 1.00 bits per heavy atom. The minimum absolute atomic E-state index is 0.0307. The number of carbonyl (C=O) groups is 1. The van der Waals surface area contributed by atoms with E-state index in [0.29, 0.717) is 5.56 Å². The van der Waals surface area contributed by atoms with Crippen LogP contribution in [0.1, 0.15) is 55.5 Å². The smallest absolute Gasteiger partial charge is 0.224 e. The highest BCUT2D eigenvalue weighted by atomic mass is 19.1. The van der Waals surface area contributed by atoms with Crippen LogP contribution >= 0.6 is 0 Å². The molecular weight excluding hydrogens is 496 g/mol. The largest absolute Gasteiger partial charge is 0.390 e. The maximum absolute atomic E-state index is 13.9. The maximum atomic E-state index is 13.9. The SMILES string of the molecule is CC(C)(C)Cc1ccc2c(c1)[C@@H](NC[C@@H](O)[C@H](Cc1cc(F)cc(F)c1)NC(=O)Cc1ccccc1)CCN2. The lowest BCUT2D eigenvalue weighted by atomic mass is 9.86. The zero-order valence-corrected chi connectivity index (χ0v) is 22.9. The summed E-state index contributed by atoms with van der Waals surface area (Å²) in [5, 5.41) is 21.1. The predicted octanol–water partition coefficient (Wildman–Crippen LogP) is 5.33. The third-order valence-electron chi connectivity index (χ3n) is 6.94. The summed E-state index contributed by atoms with van der Waals surface area (Å²) in [5.41, 5.74) is 4.88. The van der Waals surface area contributed by atoms with Gasteiger partial charge in [-0.05, 0) is 65.1 Å². The van der Waals surface area contributed by atoms with Gasteiger partial charge in [-0.3, -0.25) is 4.79 Å². The summed E-state index contributed by atoms with van der Waals surface area (Å²) in [5.74, 6) is -1.64. The monoisotopic (exact) mass is 535 g/mol. The summed E-state index contributed by atoms with van der Waals surface area (Å²) >= 11 is 0. The van der Waals surface area contributed by atoms with Crippen LogP contribution in [0.4, 0.5) is 14.5 Å². The van der Waals surface area contributed by atoms with Gasteiger partial charge in [0.2, 0.25) is 5.91 Å². The number of rotatable bonds is 10. The highest BCUT2D eigenvalue weighted by Gasteiger charge is 2.26. The van der Waals surface area contributed by atoms with E-state index >= 15 is 0 Å². The van der Waals surface area contributed by atoms with E-state index in [4.69, 9.17) is 0 Å². The van der Waals surface area contributed by atoms with Gasteiger partial charge in [0.1, 0.15) is 11.6 Å². The maximum Gasteiger partial charge on any atom is 0.224 e. The second-order valence-electron chi connectivity index (χ2n) is 11.7. The van der Waals surface area contributed by atoms with Gasteiger partial charge in [-0.25, -0.2) is 8.78 Å². The molecule has 1 heterocycles. The highest BCUT2D eigenvalue weighted by Crippen LogP contribution is 2.32. The van der Waals surface area contributed by atoms with E-state index in [1.165, 1.54) is 17.7 Å². The molecule has 0 radical (unpaired) electrons. The first-order valence-electron chi connectivity index (χ1n) is 13.6. The third-order valence-corrected chi connectivity index (χ3v) is 6.94. The number of aliphatic hydroxyl groups excluding tert-OH is 1. The molecule has 0 spiro atoms. The van der Waals surface area contributed by atoms with Crippen LogP contribution in [0.2, 0.25) is 0 Å². The first kappa shape index (κ1) is 28.7. The Balaban J connectivity index is 1.47. The van der Waals surface area contributed by atoms with Gasteiger partial charge in [0.15, 0.2) is 0 Å². The van der Waals surface area contributed by atoms with Crippen molar-refractivity contribution in [3.63, 3.8) is 0 Å². The average Bonchev–Trinajstić information content (AvgIpc) is 2.86. The number of halogens is 2. The van der Waals surface area contributed by atoms with Crippen LogP contribution in [0.5, 0.6) is 0 Å². The van der Waals surface area contributed by atoms with Crippen molar-refractivity contribution in [2.75, 3.05) is 18.4 Å². The molecule has 3 aromatic rings. The van der Waals surface area contributed by atoms with Crippen molar-refractivity contribution in [2.24, 2.45) is 5.41 Å². The Morgan fingerprint density at radius 2 is 1.72 bits per heavy atom. The molecule has 1 amide bonds. The number of hydrogen-bond donors (Lipinski definition) is 4. The molecule has 39 heavy (non-hydrogen) atoms. The summed E-state index contributed by atoms with van der Waals surface area (Å²) in [7, 11) is 0. The van der Waals surface area contributed by atoms with E-state index in [9.17, 15) is 18.7 Å². The van der Waals surface area contributed by atoms with Crippen molar-refractivity contribution >= 4 is 11.6 Å². The van der Waals surface area contributed by atoms with E-state index in [1.54, 1.807) is 0 Å². The summed E-state index contributed by atoms with van der Waals surface area (Å²) in [6.07, 6.45) is 1.06. The molecule has 0 fully saturated rings. The summed E-state index contributed by atoms with van der Waals surface area (Å²) in [6, 6.07) is 18.4. The quantitative estimate of drug-likeness (QED) is 0.283. The van der Waals surface area contributed by atoms with Gasteiger partial charge >= 0.3 is 0 Å². The van der Waals surface area contributed by atoms with Crippen molar-refractivity contribution in [1.29, 1.82) is 0 Å². The fourth-order valence-electron chi connectivity index (χ4n) is 5.21. The van der Waals surface area contributed by atoms with Gasteiger partial charge in [0.05, 0.1) is 18.6 Å². The number of hydrogen-bond acceptors (Lipinski definition) is 4. The molecule has 7 heteroatoms.